The van der Waals surface area contributed by atoms with Crippen LogP contribution in [0.1, 0.15) is 12.8 Å². The van der Waals surface area contributed by atoms with Crippen LogP contribution < -0.4 is 4.90 Å². The maximum absolute atomic E-state index is 5.51. The number of anilines is 1. The van der Waals surface area contributed by atoms with E-state index >= 15 is 0 Å². The molecule has 32 heavy (non-hydrogen) atoms. The number of rotatable bonds is 4. The van der Waals surface area contributed by atoms with E-state index in [4.69, 9.17) is 9.84 Å². The van der Waals surface area contributed by atoms with Gasteiger partial charge in [-0.05, 0) is 30.5 Å². The number of nitrogens with one attached hydrogen (secondary N) is 1. The van der Waals surface area contributed by atoms with Gasteiger partial charge in [0.05, 0.1) is 31.3 Å². The summed E-state index contributed by atoms with van der Waals surface area (Å²) in [6.45, 7) is 5.92. The Bertz CT molecular complexity index is 1170. The van der Waals surface area contributed by atoms with Gasteiger partial charge in [0.25, 0.3) is 0 Å². The van der Waals surface area contributed by atoms with E-state index in [1.807, 2.05) is 23.1 Å². The van der Waals surface area contributed by atoms with E-state index in [9.17, 15) is 0 Å². The first-order valence-corrected chi connectivity index (χ1v) is 11.4. The second-order valence-corrected chi connectivity index (χ2v) is 8.54. The number of aromatic amines is 1. The van der Waals surface area contributed by atoms with Gasteiger partial charge in [-0.25, -0.2) is 9.50 Å². The molecule has 8 nitrogen and oxygen atoms in total. The third kappa shape index (κ3) is 3.65. The number of benzene rings is 1. The molecule has 4 aromatic rings. The van der Waals surface area contributed by atoms with Crippen molar-refractivity contribution < 1.29 is 4.74 Å². The maximum atomic E-state index is 5.51. The minimum Gasteiger partial charge on any atom is -0.379 e. The predicted octanol–water partition coefficient (Wildman–Crippen LogP) is 3.09. The van der Waals surface area contributed by atoms with Crippen molar-refractivity contribution in [3.05, 3.63) is 55.0 Å². The van der Waals surface area contributed by atoms with E-state index in [0.717, 1.165) is 73.2 Å². The second kappa shape index (κ2) is 8.37. The van der Waals surface area contributed by atoms with Crippen LogP contribution in [0.3, 0.4) is 0 Å². The minimum absolute atomic E-state index is 0.663. The summed E-state index contributed by atoms with van der Waals surface area (Å²) in [6, 6.07) is 13.3. The fourth-order valence-electron chi connectivity index (χ4n) is 4.87. The molecule has 2 saturated heterocycles. The van der Waals surface area contributed by atoms with E-state index in [-0.39, 0.29) is 0 Å². The van der Waals surface area contributed by atoms with Crippen molar-refractivity contribution >= 4 is 11.5 Å². The van der Waals surface area contributed by atoms with Crippen LogP contribution in [0.25, 0.3) is 28.0 Å². The van der Waals surface area contributed by atoms with Crippen molar-refractivity contribution in [3.8, 4) is 22.4 Å². The Morgan fingerprint density at radius 3 is 2.38 bits per heavy atom. The minimum atomic E-state index is 0.663. The van der Waals surface area contributed by atoms with Gasteiger partial charge in [-0.1, -0.05) is 24.3 Å². The quantitative estimate of drug-likeness (QED) is 0.537. The summed E-state index contributed by atoms with van der Waals surface area (Å²) < 4.78 is 7.48. The standard InChI is InChI=1S/C24H27N7O/c1-3-19(4-2-18(1)20-15-26-27-16-20)22-17-25-23-5-6-24(28-31(22)23)30-9-7-21(8-10-30)29-11-13-32-14-12-29/h1-6,15-17,21H,7-14H2,(H,26,27). The summed E-state index contributed by atoms with van der Waals surface area (Å²) in [7, 11) is 0. The first-order valence-electron chi connectivity index (χ1n) is 11.4. The lowest BCUT2D eigenvalue weighted by Gasteiger charge is -2.40. The fourth-order valence-corrected chi connectivity index (χ4v) is 4.87. The smallest absolute Gasteiger partial charge is 0.154 e. The SMILES string of the molecule is c1cc(-c2cnc3ccc(N4CCC(N5CCOCC5)CC4)nn23)ccc1-c1cn[nH]c1. The molecule has 0 atom stereocenters. The second-order valence-electron chi connectivity index (χ2n) is 8.54. The van der Waals surface area contributed by atoms with Crippen LogP contribution in [0, 0.1) is 0 Å². The van der Waals surface area contributed by atoms with Crippen LogP contribution in [0.15, 0.2) is 55.0 Å². The molecule has 5 heterocycles. The van der Waals surface area contributed by atoms with Crippen LogP contribution in [0.4, 0.5) is 5.82 Å². The number of piperidine rings is 1. The van der Waals surface area contributed by atoms with Crippen molar-refractivity contribution in [2.24, 2.45) is 0 Å². The summed E-state index contributed by atoms with van der Waals surface area (Å²) in [5.41, 5.74) is 5.18. The Hall–Kier alpha value is -3.23. The Balaban J connectivity index is 1.21. The largest absolute Gasteiger partial charge is 0.379 e. The molecule has 0 amide bonds. The molecule has 2 fully saturated rings. The monoisotopic (exact) mass is 429 g/mol. The molecule has 0 bridgehead atoms. The molecule has 8 heteroatoms. The Labute approximate surface area is 186 Å². The molecule has 1 N–H and O–H groups in total. The van der Waals surface area contributed by atoms with Crippen molar-refractivity contribution in [3.63, 3.8) is 0 Å². The van der Waals surface area contributed by atoms with Crippen LogP contribution in [0.5, 0.6) is 0 Å². The molecule has 0 radical (unpaired) electrons. The zero-order chi connectivity index (χ0) is 21.3. The number of morpholine rings is 1. The summed E-state index contributed by atoms with van der Waals surface area (Å²) >= 11 is 0. The maximum Gasteiger partial charge on any atom is 0.154 e. The molecular weight excluding hydrogens is 402 g/mol. The van der Waals surface area contributed by atoms with Crippen molar-refractivity contribution in [1.29, 1.82) is 0 Å². The molecular formula is C24H27N7O. The number of nitrogens with zero attached hydrogens (tertiary/aromatic N) is 6. The lowest BCUT2D eigenvalue weighted by atomic mass is 10.0. The summed E-state index contributed by atoms with van der Waals surface area (Å²) in [5.74, 6) is 1.02. The first-order chi connectivity index (χ1) is 15.8. The van der Waals surface area contributed by atoms with Gasteiger partial charge < -0.3 is 9.64 Å². The van der Waals surface area contributed by atoms with E-state index in [1.165, 1.54) is 12.8 Å². The van der Waals surface area contributed by atoms with Gasteiger partial charge in [-0.2, -0.15) is 5.10 Å². The van der Waals surface area contributed by atoms with Gasteiger partial charge in [-0.15, -0.1) is 5.10 Å². The average molecular weight is 430 g/mol. The predicted molar refractivity (Wildman–Crippen MR) is 124 cm³/mol. The van der Waals surface area contributed by atoms with Crippen molar-refractivity contribution in [1.82, 2.24) is 29.7 Å². The number of hydrogen-bond acceptors (Lipinski definition) is 6. The Morgan fingerprint density at radius 2 is 1.62 bits per heavy atom. The van der Waals surface area contributed by atoms with Gasteiger partial charge in [0.1, 0.15) is 5.82 Å². The lowest BCUT2D eigenvalue weighted by molar-refractivity contribution is 0.0114. The van der Waals surface area contributed by atoms with Gasteiger partial charge >= 0.3 is 0 Å². The summed E-state index contributed by atoms with van der Waals surface area (Å²) in [6.07, 6.45) is 7.99. The first kappa shape index (κ1) is 19.5. The summed E-state index contributed by atoms with van der Waals surface area (Å²) in [4.78, 5) is 9.58. The topological polar surface area (TPSA) is 74.6 Å². The highest BCUT2D eigenvalue weighted by atomic mass is 16.5. The van der Waals surface area contributed by atoms with Crippen molar-refractivity contribution in [2.75, 3.05) is 44.3 Å². The molecule has 6 rings (SSSR count). The number of fused-ring (bicyclic) bond motifs is 1. The number of ether oxygens (including phenoxy) is 1. The van der Waals surface area contributed by atoms with Crippen LogP contribution >= 0.6 is 0 Å². The Morgan fingerprint density at radius 1 is 0.844 bits per heavy atom. The Kier molecular flexibility index (Phi) is 5.09. The average Bonchev–Trinajstić information content (AvgIpc) is 3.55. The van der Waals surface area contributed by atoms with Crippen LogP contribution in [0.2, 0.25) is 0 Å². The zero-order valence-corrected chi connectivity index (χ0v) is 18.0. The third-order valence-corrected chi connectivity index (χ3v) is 6.71. The molecule has 0 aliphatic carbocycles. The molecule has 2 aliphatic rings. The molecule has 2 aliphatic heterocycles. The molecule has 0 spiro atoms. The summed E-state index contributed by atoms with van der Waals surface area (Å²) in [5, 5.41) is 11.9. The highest BCUT2D eigenvalue weighted by molar-refractivity contribution is 5.69. The molecule has 0 unspecified atom stereocenters. The molecule has 1 aromatic carbocycles. The number of imidazole rings is 1. The van der Waals surface area contributed by atoms with E-state index in [2.05, 4.69) is 61.4 Å². The van der Waals surface area contributed by atoms with Gasteiger partial charge in [0.2, 0.25) is 0 Å². The van der Waals surface area contributed by atoms with Gasteiger partial charge in [-0.3, -0.25) is 10.00 Å². The third-order valence-electron chi connectivity index (χ3n) is 6.71. The zero-order valence-electron chi connectivity index (χ0n) is 18.0. The lowest BCUT2D eigenvalue weighted by Crippen LogP contribution is -2.49. The normalized spacial score (nSPS) is 18.4. The number of aromatic nitrogens is 5. The fraction of sp³-hybridized carbons (Fsp3) is 0.375. The highest BCUT2D eigenvalue weighted by Crippen LogP contribution is 2.27. The molecule has 164 valence electrons. The highest BCUT2D eigenvalue weighted by Gasteiger charge is 2.26. The van der Waals surface area contributed by atoms with Crippen molar-refractivity contribution in [2.45, 2.75) is 18.9 Å². The number of H-pyrrole nitrogens is 1. The van der Waals surface area contributed by atoms with Gasteiger partial charge in [0, 0.05) is 49.5 Å². The van der Waals surface area contributed by atoms with Crippen LogP contribution in [-0.4, -0.2) is 75.1 Å². The van der Waals surface area contributed by atoms with E-state index < -0.39 is 0 Å². The molecule has 0 saturated carbocycles. The van der Waals surface area contributed by atoms with Crippen LogP contribution in [-0.2, 0) is 4.74 Å². The van der Waals surface area contributed by atoms with Gasteiger partial charge in [0.15, 0.2) is 5.65 Å². The van der Waals surface area contributed by atoms with E-state index in [1.54, 1.807) is 0 Å². The number of hydrogen-bond donors (Lipinski definition) is 1. The van der Waals surface area contributed by atoms with E-state index in [0.29, 0.717) is 6.04 Å². The molecule has 3 aromatic heterocycles.